The van der Waals surface area contributed by atoms with Crippen molar-refractivity contribution in [3.05, 3.63) is 0 Å². The predicted octanol–water partition coefficient (Wildman–Crippen LogP) is 1.28. The Morgan fingerprint density at radius 1 is 1.41 bits per heavy atom. The van der Waals surface area contributed by atoms with E-state index in [0.29, 0.717) is 0 Å². The second-order valence-corrected chi connectivity index (χ2v) is 5.48. The van der Waals surface area contributed by atoms with Gasteiger partial charge in [0.05, 0.1) is 6.07 Å². The first-order valence-electron chi connectivity index (χ1n) is 6.57. The molecular formula is C13H21N3O. The van der Waals surface area contributed by atoms with Crippen LogP contribution in [-0.2, 0) is 4.79 Å². The van der Waals surface area contributed by atoms with Gasteiger partial charge in [-0.25, -0.2) is 0 Å². The van der Waals surface area contributed by atoms with Gasteiger partial charge < -0.3 is 10.2 Å². The van der Waals surface area contributed by atoms with Crippen molar-refractivity contribution in [3.63, 3.8) is 0 Å². The third kappa shape index (κ3) is 2.61. The average Bonchev–Trinajstić information content (AvgIpc) is 2.78. The molecule has 94 valence electrons. The number of hydrogen-bond acceptors (Lipinski definition) is 3. The Bertz CT molecular complexity index is 328. The van der Waals surface area contributed by atoms with Crippen LogP contribution in [0.15, 0.2) is 0 Å². The molecule has 0 radical (unpaired) electrons. The van der Waals surface area contributed by atoms with Crippen LogP contribution in [0.1, 0.15) is 38.5 Å². The van der Waals surface area contributed by atoms with Crippen LogP contribution in [0.4, 0.5) is 0 Å². The fraction of sp³-hybridized carbons (Fsp3) is 0.846. The number of rotatable bonds is 2. The van der Waals surface area contributed by atoms with Crippen LogP contribution >= 0.6 is 0 Å². The van der Waals surface area contributed by atoms with Crippen molar-refractivity contribution in [3.8, 4) is 6.07 Å². The molecule has 0 spiro atoms. The standard InChI is InChI=1S/C13H21N3O/c1-16-8-4-5-11(9-16)15-12(17)13(10-14)6-2-3-7-13/h11H,2-9H2,1H3,(H,15,17). The minimum absolute atomic E-state index is 0.0298. The molecule has 2 rings (SSSR count). The molecule has 1 aliphatic carbocycles. The maximum Gasteiger partial charge on any atom is 0.240 e. The summed E-state index contributed by atoms with van der Waals surface area (Å²) in [6.45, 7) is 2.02. The van der Waals surface area contributed by atoms with Gasteiger partial charge in [-0.2, -0.15) is 5.26 Å². The molecular weight excluding hydrogens is 214 g/mol. The molecule has 2 aliphatic rings. The molecule has 1 amide bonds. The van der Waals surface area contributed by atoms with Gasteiger partial charge in [-0.3, -0.25) is 4.79 Å². The lowest BCUT2D eigenvalue weighted by Gasteiger charge is -2.32. The zero-order valence-corrected chi connectivity index (χ0v) is 10.5. The van der Waals surface area contributed by atoms with Gasteiger partial charge in [-0.1, -0.05) is 12.8 Å². The fourth-order valence-corrected chi connectivity index (χ4v) is 2.98. The summed E-state index contributed by atoms with van der Waals surface area (Å²) in [4.78, 5) is 14.5. The quantitative estimate of drug-likeness (QED) is 0.784. The van der Waals surface area contributed by atoms with Crippen molar-refractivity contribution in [1.82, 2.24) is 10.2 Å². The highest BCUT2D eigenvalue weighted by Crippen LogP contribution is 2.37. The van der Waals surface area contributed by atoms with Gasteiger partial charge in [0.1, 0.15) is 5.41 Å². The highest BCUT2D eigenvalue weighted by atomic mass is 16.2. The Morgan fingerprint density at radius 3 is 2.71 bits per heavy atom. The number of amides is 1. The minimum atomic E-state index is -0.726. The number of nitriles is 1. The molecule has 1 atom stereocenters. The first-order chi connectivity index (χ1) is 8.16. The molecule has 1 saturated carbocycles. The molecule has 4 nitrogen and oxygen atoms in total. The van der Waals surface area contributed by atoms with E-state index >= 15 is 0 Å². The van der Waals surface area contributed by atoms with Gasteiger partial charge in [0, 0.05) is 12.6 Å². The predicted molar refractivity (Wildman–Crippen MR) is 65.2 cm³/mol. The van der Waals surface area contributed by atoms with Crippen molar-refractivity contribution in [2.45, 2.75) is 44.6 Å². The van der Waals surface area contributed by atoms with Crippen LogP contribution in [0.25, 0.3) is 0 Å². The number of hydrogen-bond donors (Lipinski definition) is 1. The van der Waals surface area contributed by atoms with E-state index in [1.54, 1.807) is 0 Å². The van der Waals surface area contributed by atoms with Gasteiger partial charge in [0.15, 0.2) is 0 Å². The average molecular weight is 235 g/mol. The molecule has 0 aromatic carbocycles. The van der Waals surface area contributed by atoms with Gasteiger partial charge in [0.2, 0.25) is 5.91 Å². The SMILES string of the molecule is CN1CCCC(NC(=O)C2(C#N)CCCC2)C1. The van der Waals surface area contributed by atoms with Crippen LogP contribution in [0.5, 0.6) is 0 Å². The topological polar surface area (TPSA) is 56.1 Å². The third-order valence-corrected chi connectivity index (χ3v) is 4.07. The Labute approximate surface area is 103 Å². The molecule has 0 aromatic rings. The summed E-state index contributed by atoms with van der Waals surface area (Å²) in [7, 11) is 2.08. The molecule has 1 N–H and O–H groups in total. The van der Waals surface area contributed by atoms with E-state index in [4.69, 9.17) is 0 Å². The maximum absolute atomic E-state index is 12.2. The molecule has 1 unspecified atom stereocenters. The smallest absolute Gasteiger partial charge is 0.240 e. The Hall–Kier alpha value is -1.08. The van der Waals surface area contributed by atoms with Crippen molar-refractivity contribution >= 4 is 5.91 Å². The number of nitrogens with zero attached hydrogens (tertiary/aromatic N) is 2. The number of likely N-dealkylation sites (tertiary alicyclic amines) is 1. The molecule has 2 fully saturated rings. The number of piperidine rings is 1. The third-order valence-electron chi connectivity index (χ3n) is 4.07. The first-order valence-corrected chi connectivity index (χ1v) is 6.57. The van der Waals surface area contributed by atoms with Crippen molar-refractivity contribution in [2.75, 3.05) is 20.1 Å². The van der Waals surface area contributed by atoms with E-state index in [1.165, 1.54) is 0 Å². The largest absolute Gasteiger partial charge is 0.351 e. The van der Waals surface area contributed by atoms with Gasteiger partial charge in [-0.15, -0.1) is 0 Å². The van der Waals surface area contributed by atoms with Crippen molar-refractivity contribution in [2.24, 2.45) is 5.41 Å². The Kier molecular flexibility index (Phi) is 3.68. The zero-order chi connectivity index (χ0) is 12.3. The maximum atomic E-state index is 12.2. The van der Waals surface area contributed by atoms with Crippen LogP contribution < -0.4 is 5.32 Å². The van der Waals surface area contributed by atoms with E-state index in [2.05, 4.69) is 23.3 Å². The van der Waals surface area contributed by atoms with Crippen LogP contribution in [0, 0.1) is 16.7 Å². The number of carbonyl (C=O) groups excluding carboxylic acids is 1. The van der Waals surface area contributed by atoms with E-state index in [1.807, 2.05) is 0 Å². The molecule has 0 bridgehead atoms. The second-order valence-electron chi connectivity index (χ2n) is 5.48. The molecule has 0 aromatic heterocycles. The van der Waals surface area contributed by atoms with Crippen molar-refractivity contribution < 1.29 is 4.79 Å². The van der Waals surface area contributed by atoms with E-state index in [-0.39, 0.29) is 11.9 Å². The molecule has 17 heavy (non-hydrogen) atoms. The molecule has 1 saturated heterocycles. The van der Waals surface area contributed by atoms with E-state index in [0.717, 1.165) is 51.6 Å². The summed E-state index contributed by atoms with van der Waals surface area (Å²) in [5.74, 6) is -0.0298. The van der Waals surface area contributed by atoms with Gasteiger partial charge >= 0.3 is 0 Å². The second kappa shape index (κ2) is 5.05. The van der Waals surface area contributed by atoms with Crippen LogP contribution in [-0.4, -0.2) is 37.0 Å². The minimum Gasteiger partial charge on any atom is -0.351 e. The van der Waals surface area contributed by atoms with E-state index in [9.17, 15) is 10.1 Å². The lowest BCUT2D eigenvalue weighted by molar-refractivity contribution is -0.129. The normalized spacial score (nSPS) is 28.6. The summed E-state index contributed by atoms with van der Waals surface area (Å²) in [6.07, 6.45) is 5.64. The number of nitrogens with one attached hydrogen (secondary N) is 1. The van der Waals surface area contributed by atoms with Crippen LogP contribution in [0.3, 0.4) is 0 Å². The number of carbonyl (C=O) groups is 1. The molecule has 1 heterocycles. The highest BCUT2D eigenvalue weighted by Gasteiger charge is 2.42. The molecule has 1 aliphatic heterocycles. The zero-order valence-electron chi connectivity index (χ0n) is 10.5. The van der Waals surface area contributed by atoms with Gasteiger partial charge in [-0.05, 0) is 39.3 Å². The highest BCUT2D eigenvalue weighted by molar-refractivity contribution is 5.86. The monoisotopic (exact) mass is 235 g/mol. The lowest BCUT2D eigenvalue weighted by Crippen LogP contribution is -2.50. The van der Waals surface area contributed by atoms with E-state index < -0.39 is 5.41 Å². The number of likely N-dealkylation sites (N-methyl/N-ethyl adjacent to an activating group) is 1. The summed E-state index contributed by atoms with van der Waals surface area (Å²) in [6, 6.07) is 2.48. The van der Waals surface area contributed by atoms with Crippen LogP contribution in [0.2, 0.25) is 0 Å². The summed E-state index contributed by atoms with van der Waals surface area (Å²) >= 11 is 0. The fourth-order valence-electron chi connectivity index (χ4n) is 2.98. The summed E-state index contributed by atoms with van der Waals surface area (Å²) in [5.41, 5.74) is -0.726. The summed E-state index contributed by atoms with van der Waals surface area (Å²) < 4.78 is 0. The molecule has 4 heteroatoms. The van der Waals surface area contributed by atoms with Gasteiger partial charge in [0.25, 0.3) is 0 Å². The van der Waals surface area contributed by atoms with Crippen molar-refractivity contribution in [1.29, 1.82) is 5.26 Å². The lowest BCUT2D eigenvalue weighted by atomic mass is 9.86. The first kappa shape index (κ1) is 12.4. The Balaban J connectivity index is 1.94. The summed E-state index contributed by atoms with van der Waals surface area (Å²) in [5, 5.41) is 12.3. The Morgan fingerprint density at radius 2 is 2.12 bits per heavy atom.